The summed E-state index contributed by atoms with van der Waals surface area (Å²) in [4.78, 5) is 44.3. The van der Waals surface area contributed by atoms with Crippen LogP contribution < -0.4 is 21.9 Å². The van der Waals surface area contributed by atoms with Crippen LogP contribution in [-0.2, 0) is 18.9 Å². The first-order chi connectivity index (χ1) is 24.3. The standard InChI is InChI=1S/C34H45ClN6O9/c35-11-3-1-2-4-14-48-18-19-49-17-13-38-32(45)24-9-7-23(8-10-24)31(44)37-12-16-47-15-5-6-25-21-41(28-20-26(43)27(22-42)50-28)30-29(25)33(46)40-34(36)39-30/h7-10,21,26-28,42-43H,1-4,11-20,22H2,(H,37,44)(H,38,45)(H3,36,39,40,46). The number of nitrogens with one attached hydrogen (secondary N) is 3. The molecule has 0 radical (unpaired) electrons. The third-order valence-corrected chi connectivity index (χ3v) is 8.08. The highest BCUT2D eigenvalue weighted by molar-refractivity contribution is 6.17. The Bertz CT molecular complexity index is 1650. The van der Waals surface area contributed by atoms with Crippen molar-refractivity contribution in [1.82, 2.24) is 25.2 Å². The maximum absolute atomic E-state index is 12.7. The lowest BCUT2D eigenvalue weighted by atomic mass is 10.1. The van der Waals surface area contributed by atoms with E-state index in [1.807, 2.05) is 0 Å². The average Bonchev–Trinajstić information content (AvgIpc) is 3.67. The van der Waals surface area contributed by atoms with Gasteiger partial charge in [0.15, 0.2) is 5.65 Å². The van der Waals surface area contributed by atoms with E-state index in [0.717, 1.165) is 25.7 Å². The summed E-state index contributed by atoms with van der Waals surface area (Å²) in [6, 6.07) is 6.30. The number of anilines is 1. The number of aromatic nitrogens is 3. The second kappa shape index (κ2) is 20.6. The molecule has 50 heavy (non-hydrogen) atoms. The van der Waals surface area contributed by atoms with E-state index >= 15 is 0 Å². The van der Waals surface area contributed by atoms with E-state index in [4.69, 9.17) is 36.3 Å². The van der Waals surface area contributed by atoms with Gasteiger partial charge in [-0.2, -0.15) is 4.98 Å². The molecule has 1 aliphatic rings. The van der Waals surface area contributed by atoms with E-state index in [2.05, 4.69) is 32.4 Å². The number of benzene rings is 1. The lowest BCUT2D eigenvalue weighted by Gasteiger charge is -2.14. The Hall–Kier alpha value is -4.01. The summed E-state index contributed by atoms with van der Waals surface area (Å²) >= 11 is 5.66. The van der Waals surface area contributed by atoms with Gasteiger partial charge in [0.1, 0.15) is 18.9 Å². The number of carbonyl (C=O) groups is 2. The van der Waals surface area contributed by atoms with Gasteiger partial charge in [-0.1, -0.05) is 24.7 Å². The van der Waals surface area contributed by atoms with Gasteiger partial charge in [0.05, 0.1) is 50.1 Å². The molecule has 7 N–H and O–H groups in total. The molecule has 0 saturated carbocycles. The summed E-state index contributed by atoms with van der Waals surface area (Å²) < 4.78 is 23.8. The molecule has 16 heteroatoms. The topological polar surface area (TPSA) is 212 Å². The van der Waals surface area contributed by atoms with Crippen molar-refractivity contribution >= 4 is 40.4 Å². The normalized spacial score (nSPS) is 17.1. The highest BCUT2D eigenvalue weighted by atomic mass is 35.5. The van der Waals surface area contributed by atoms with Gasteiger partial charge in [-0.3, -0.25) is 19.4 Å². The molecule has 1 fully saturated rings. The number of hydrogen-bond acceptors (Lipinski definition) is 11. The number of nitrogen functional groups attached to an aromatic ring is 1. The molecule has 3 aromatic rings. The van der Waals surface area contributed by atoms with Gasteiger partial charge in [-0.15, -0.1) is 11.6 Å². The van der Waals surface area contributed by atoms with E-state index in [1.165, 1.54) is 0 Å². The minimum Gasteiger partial charge on any atom is -0.394 e. The predicted octanol–water partition coefficient (Wildman–Crippen LogP) is 1.31. The number of hydrogen-bond donors (Lipinski definition) is 6. The van der Waals surface area contributed by atoms with Gasteiger partial charge in [-0.05, 0) is 37.1 Å². The maximum atomic E-state index is 12.7. The first kappa shape index (κ1) is 38.8. The van der Waals surface area contributed by atoms with Crippen molar-refractivity contribution in [2.45, 2.75) is 50.5 Å². The van der Waals surface area contributed by atoms with Crippen LogP contribution in [0.15, 0.2) is 35.3 Å². The number of alkyl halides is 1. The van der Waals surface area contributed by atoms with Crippen molar-refractivity contribution in [3.8, 4) is 11.8 Å². The fourth-order valence-electron chi connectivity index (χ4n) is 5.22. The monoisotopic (exact) mass is 716 g/mol. The van der Waals surface area contributed by atoms with E-state index < -0.39 is 24.0 Å². The number of aliphatic hydroxyl groups is 2. The third-order valence-electron chi connectivity index (χ3n) is 7.81. The predicted molar refractivity (Wildman–Crippen MR) is 186 cm³/mol. The summed E-state index contributed by atoms with van der Waals surface area (Å²) in [5.74, 6) is 5.78. The number of aromatic amines is 1. The number of H-pyrrole nitrogens is 1. The summed E-state index contributed by atoms with van der Waals surface area (Å²) in [6.07, 6.45) is 3.74. The van der Waals surface area contributed by atoms with Crippen LogP contribution in [-0.4, -0.2) is 114 Å². The van der Waals surface area contributed by atoms with Crippen LogP contribution in [0.25, 0.3) is 11.0 Å². The molecule has 3 unspecified atom stereocenters. The number of rotatable bonds is 20. The van der Waals surface area contributed by atoms with E-state index in [-0.39, 0.29) is 61.6 Å². The van der Waals surface area contributed by atoms with Gasteiger partial charge in [0.25, 0.3) is 17.4 Å². The summed E-state index contributed by atoms with van der Waals surface area (Å²) in [7, 11) is 0. The van der Waals surface area contributed by atoms with Crippen molar-refractivity contribution in [1.29, 1.82) is 0 Å². The number of aliphatic hydroxyl groups excluding tert-OH is 2. The van der Waals surface area contributed by atoms with Gasteiger partial charge in [0, 0.05) is 49.3 Å². The zero-order valence-corrected chi connectivity index (χ0v) is 28.6. The molecule has 4 rings (SSSR count). The molecule has 1 saturated heterocycles. The SMILES string of the molecule is Nc1nc2c(c(C#CCOCCNC(=O)c3ccc(C(=O)NCCOCCOCCCCCCCl)cc3)cn2C2CC(O)C(CO)O2)c(=O)[nH]1. The smallest absolute Gasteiger partial charge is 0.263 e. The van der Waals surface area contributed by atoms with Gasteiger partial charge in [-0.25, -0.2) is 0 Å². The number of ether oxygens (including phenoxy) is 4. The molecule has 15 nitrogen and oxygen atoms in total. The fraction of sp³-hybridized carbons (Fsp3) is 0.529. The Morgan fingerprint density at radius 3 is 2.28 bits per heavy atom. The molecule has 1 aliphatic heterocycles. The molecule has 1 aromatic carbocycles. The number of carbonyl (C=O) groups excluding carboxylic acids is 2. The van der Waals surface area contributed by atoms with Crippen molar-refractivity contribution < 1.29 is 38.7 Å². The molecule has 0 bridgehead atoms. The van der Waals surface area contributed by atoms with Gasteiger partial charge < -0.3 is 50.1 Å². The zero-order chi connectivity index (χ0) is 35.7. The van der Waals surface area contributed by atoms with E-state index in [1.54, 1.807) is 35.0 Å². The maximum Gasteiger partial charge on any atom is 0.263 e. The molecule has 3 heterocycles. The van der Waals surface area contributed by atoms with Gasteiger partial charge in [0.2, 0.25) is 5.95 Å². The molecule has 0 aliphatic carbocycles. The molecular formula is C34H45ClN6O9. The minimum absolute atomic E-state index is 0.0203. The van der Waals surface area contributed by atoms with E-state index in [9.17, 15) is 24.6 Å². The number of nitrogens with zero attached hydrogens (tertiary/aromatic N) is 2. The number of amides is 2. The van der Waals surface area contributed by atoms with Gasteiger partial charge >= 0.3 is 0 Å². The molecule has 2 amide bonds. The van der Waals surface area contributed by atoms with Crippen LogP contribution in [0.2, 0.25) is 0 Å². The second-order valence-electron chi connectivity index (χ2n) is 11.5. The minimum atomic E-state index is -0.879. The largest absolute Gasteiger partial charge is 0.394 e. The lowest BCUT2D eigenvalue weighted by Crippen LogP contribution is -2.28. The summed E-state index contributed by atoms with van der Waals surface area (Å²) in [5.41, 5.74) is 6.70. The molecule has 0 spiro atoms. The Kier molecular flexibility index (Phi) is 16.0. The third kappa shape index (κ3) is 11.5. The molecule has 272 valence electrons. The number of nitrogens with two attached hydrogens (primary N) is 1. The van der Waals surface area contributed by atoms with E-state index in [0.29, 0.717) is 55.5 Å². The number of fused-ring (bicyclic) bond motifs is 1. The Labute approximate surface area is 294 Å². The zero-order valence-electron chi connectivity index (χ0n) is 27.8. The lowest BCUT2D eigenvalue weighted by molar-refractivity contribution is -0.0430. The fourth-order valence-corrected chi connectivity index (χ4v) is 5.41. The van der Waals surface area contributed by atoms with Crippen LogP contribution in [0, 0.1) is 11.8 Å². The van der Waals surface area contributed by atoms with Crippen molar-refractivity contribution in [3.63, 3.8) is 0 Å². The Balaban J connectivity index is 1.13. The van der Waals surface area contributed by atoms with Crippen LogP contribution in [0.1, 0.15) is 64.6 Å². The highest BCUT2D eigenvalue weighted by Gasteiger charge is 2.35. The molecule has 2 aromatic heterocycles. The van der Waals surface area contributed by atoms with Crippen LogP contribution in [0.4, 0.5) is 5.95 Å². The average molecular weight is 717 g/mol. The molecular weight excluding hydrogens is 672 g/mol. The quantitative estimate of drug-likeness (QED) is 0.0557. The summed E-state index contributed by atoms with van der Waals surface area (Å²) in [5, 5.41) is 25.3. The first-order valence-corrected chi connectivity index (χ1v) is 17.1. The van der Waals surface area contributed by atoms with Crippen LogP contribution in [0.5, 0.6) is 0 Å². The molecule has 3 atom stereocenters. The second-order valence-corrected chi connectivity index (χ2v) is 11.9. The van der Waals surface area contributed by atoms with Crippen LogP contribution >= 0.6 is 11.6 Å². The highest BCUT2D eigenvalue weighted by Crippen LogP contribution is 2.32. The first-order valence-electron chi connectivity index (χ1n) is 16.6. The number of unbranched alkanes of at least 4 members (excludes halogenated alkanes) is 3. The number of halogens is 1. The Morgan fingerprint density at radius 1 is 1.00 bits per heavy atom. The van der Waals surface area contributed by atoms with Crippen LogP contribution in [0.3, 0.4) is 0 Å². The van der Waals surface area contributed by atoms with Crippen molar-refractivity contribution in [2.24, 2.45) is 0 Å². The summed E-state index contributed by atoms with van der Waals surface area (Å²) in [6.45, 7) is 2.46. The van der Waals surface area contributed by atoms with Crippen molar-refractivity contribution in [2.75, 3.05) is 71.0 Å². The Morgan fingerprint density at radius 2 is 1.64 bits per heavy atom. The van der Waals surface area contributed by atoms with Crippen molar-refractivity contribution in [3.05, 3.63) is 57.5 Å².